The summed E-state index contributed by atoms with van der Waals surface area (Å²) in [6.45, 7) is 0. The topological polar surface area (TPSA) is 168 Å². The first-order valence-corrected chi connectivity index (χ1v) is 10.4. The Kier molecular flexibility index (Phi) is 10.6. The number of furan rings is 2. The third kappa shape index (κ3) is 8.08. The van der Waals surface area contributed by atoms with Crippen molar-refractivity contribution < 1.29 is 64.7 Å². The summed E-state index contributed by atoms with van der Waals surface area (Å²) in [7, 11) is 0. The first kappa shape index (κ1) is 28.4. The predicted molar refractivity (Wildman–Crippen MR) is 128 cm³/mol. The van der Waals surface area contributed by atoms with Crippen LogP contribution in [0.1, 0.15) is 41.8 Å². The molecule has 0 spiro atoms. The molecule has 0 saturated carbocycles. The third-order valence-electron chi connectivity index (χ3n) is 4.59. The number of rotatable bonds is 8. The fourth-order valence-electron chi connectivity index (χ4n) is 2.88. The van der Waals surface area contributed by atoms with Crippen LogP contribution in [-0.2, 0) is 16.5 Å². The van der Waals surface area contributed by atoms with E-state index in [1.54, 1.807) is 60.7 Å². The minimum absolute atomic E-state index is 0. The zero-order valence-corrected chi connectivity index (χ0v) is 20.0. The number of para-hydroxylation sites is 2. The van der Waals surface area contributed by atoms with Gasteiger partial charge in [-0.3, -0.25) is 9.59 Å². The van der Waals surface area contributed by atoms with Crippen LogP contribution >= 0.6 is 0 Å². The van der Waals surface area contributed by atoms with Crippen LogP contribution < -0.4 is 9.98 Å². The molecule has 37 heavy (non-hydrogen) atoms. The van der Waals surface area contributed by atoms with Crippen LogP contribution in [0.25, 0.3) is 0 Å². The van der Waals surface area contributed by atoms with Crippen molar-refractivity contribution in [2.75, 3.05) is 0 Å². The number of ketones is 2. The van der Waals surface area contributed by atoms with Gasteiger partial charge < -0.3 is 19.0 Å². The van der Waals surface area contributed by atoms with Crippen LogP contribution in [0.15, 0.2) is 94.2 Å². The van der Waals surface area contributed by atoms with Gasteiger partial charge in [-0.05, 0) is 36.4 Å². The van der Waals surface area contributed by atoms with E-state index in [2.05, 4.69) is 9.98 Å². The van der Waals surface area contributed by atoms with Gasteiger partial charge in [0.05, 0.1) is 12.5 Å². The largest absolute Gasteiger partial charge is 2.00 e. The molecule has 0 bridgehead atoms. The molecule has 4 aromatic rings. The minimum Gasteiger partial charge on any atom is -0.561 e. The summed E-state index contributed by atoms with van der Waals surface area (Å²) in [4.78, 5) is 50.7. The molecule has 0 radical (unpaired) electrons. The zero-order chi connectivity index (χ0) is 25.9. The van der Waals surface area contributed by atoms with Gasteiger partial charge in [0.2, 0.25) is 23.8 Å². The average molecular weight is 549 g/mol. The maximum absolute atomic E-state index is 11.6. The average Bonchev–Trinajstić information content (AvgIpc) is 3.61. The molecule has 4 rings (SSSR count). The Morgan fingerprint density at radius 3 is 1.30 bits per heavy atom. The van der Waals surface area contributed by atoms with Crippen molar-refractivity contribution in [2.45, 2.75) is 0 Å². The van der Waals surface area contributed by atoms with Gasteiger partial charge >= 0.3 is 28.4 Å². The van der Waals surface area contributed by atoms with E-state index in [1.807, 2.05) is 0 Å². The SMILES string of the molecule is O=C(C=[NH+]c1ccccc1C(=O)[OH2+])c1ccco1.O=C(C=[NH+]c1ccccc1C(=O)[OH2+])c1ccco1.[Ni+2]. The van der Waals surface area contributed by atoms with Crippen molar-refractivity contribution in [1.29, 1.82) is 0 Å². The Balaban J connectivity index is 0.000000253. The predicted octanol–water partition coefficient (Wildman–Crippen LogP) is -0.382. The van der Waals surface area contributed by atoms with E-state index in [4.69, 9.17) is 19.0 Å². The Morgan fingerprint density at radius 2 is 0.973 bits per heavy atom. The van der Waals surface area contributed by atoms with Crippen LogP contribution in [0.3, 0.4) is 0 Å². The minimum atomic E-state index is -0.808. The van der Waals surface area contributed by atoms with E-state index in [0.717, 1.165) is 0 Å². The normalized spacial score (nSPS) is 10.4. The quantitative estimate of drug-likeness (QED) is 0.132. The molecule has 2 aromatic heterocycles. The fourth-order valence-corrected chi connectivity index (χ4v) is 2.88. The van der Waals surface area contributed by atoms with Crippen LogP contribution in [0.5, 0.6) is 0 Å². The number of benzene rings is 2. The second kappa shape index (κ2) is 13.9. The number of hydrogen-bond acceptors (Lipinski definition) is 6. The number of carbonyl (C=O) groups is 4. The summed E-state index contributed by atoms with van der Waals surface area (Å²) in [5, 5.41) is 14.2. The molecular formula is C26H22N2NiO8+6. The summed E-state index contributed by atoms with van der Waals surface area (Å²) >= 11 is 0. The maximum Gasteiger partial charge on any atom is 2.00 e. The monoisotopic (exact) mass is 548 g/mol. The number of Topliss-reactive ketones (excluding diaryl/α,β-unsaturated/α-hetero) is 2. The van der Waals surface area contributed by atoms with E-state index in [1.165, 1.54) is 37.1 Å². The second-order valence-electron chi connectivity index (χ2n) is 7.01. The van der Waals surface area contributed by atoms with Crippen LogP contribution in [0, 0.1) is 0 Å². The molecule has 188 valence electrons. The first-order valence-electron chi connectivity index (χ1n) is 10.4. The fraction of sp³-hybridized carbons (Fsp3) is 0. The van der Waals surface area contributed by atoms with Gasteiger partial charge in [0, 0.05) is 21.7 Å². The van der Waals surface area contributed by atoms with Gasteiger partial charge in [-0.2, -0.15) is 0 Å². The van der Waals surface area contributed by atoms with E-state index in [-0.39, 0.29) is 50.7 Å². The van der Waals surface area contributed by atoms with Crippen LogP contribution in [-0.4, -0.2) is 46.1 Å². The van der Waals surface area contributed by atoms with E-state index in [9.17, 15) is 19.2 Å². The molecule has 11 heteroatoms. The van der Waals surface area contributed by atoms with Gasteiger partial charge in [-0.25, -0.2) is 9.98 Å². The molecule has 0 aliphatic rings. The first-order chi connectivity index (χ1) is 17.4. The molecule has 6 N–H and O–H groups in total. The standard InChI is InChI=1S/2C13H9NO4.Ni/c2*15-11(12-6-3-7-18-12)8-14-10-5-2-1-4-9(10)13(16)17;/h2*1-8H,(H,16,17);/q;;+2/p+4. The van der Waals surface area contributed by atoms with Crippen molar-refractivity contribution in [3.8, 4) is 0 Å². The summed E-state index contributed by atoms with van der Waals surface area (Å²) in [6, 6.07) is 19.3. The van der Waals surface area contributed by atoms with Crippen molar-refractivity contribution in [1.82, 2.24) is 0 Å². The molecule has 0 atom stereocenters. The molecule has 0 aliphatic carbocycles. The van der Waals surface area contributed by atoms with Gasteiger partial charge in [0.25, 0.3) is 11.6 Å². The zero-order valence-electron chi connectivity index (χ0n) is 19.0. The van der Waals surface area contributed by atoms with Crippen molar-refractivity contribution in [3.63, 3.8) is 0 Å². The van der Waals surface area contributed by atoms with Crippen molar-refractivity contribution in [2.24, 2.45) is 0 Å². The summed E-state index contributed by atoms with van der Waals surface area (Å²) in [5.74, 6) is -1.89. The summed E-state index contributed by atoms with van der Waals surface area (Å²) in [6.07, 6.45) is 5.20. The smallest absolute Gasteiger partial charge is 0.561 e. The molecular weight excluding hydrogens is 527 g/mol. The van der Waals surface area contributed by atoms with Gasteiger partial charge in [-0.1, -0.05) is 24.3 Å². The Labute approximate surface area is 219 Å². The molecule has 0 unspecified atom stereocenters. The van der Waals surface area contributed by atoms with E-state index >= 15 is 0 Å². The molecule has 0 amide bonds. The third-order valence-corrected chi connectivity index (χ3v) is 4.59. The van der Waals surface area contributed by atoms with Gasteiger partial charge in [0.15, 0.2) is 22.6 Å². The molecule has 2 aromatic carbocycles. The molecule has 0 fully saturated rings. The Hall–Kier alpha value is -4.89. The second-order valence-corrected chi connectivity index (χ2v) is 7.01. The molecule has 0 saturated heterocycles. The van der Waals surface area contributed by atoms with Crippen LogP contribution in [0.4, 0.5) is 11.4 Å². The Morgan fingerprint density at radius 1 is 0.595 bits per heavy atom. The number of nitrogens with one attached hydrogen (secondary N) is 2. The number of carbonyl (C=O) groups excluding carboxylic acids is 4. The molecule has 2 heterocycles. The van der Waals surface area contributed by atoms with Gasteiger partial charge in [-0.15, -0.1) is 0 Å². The summed E-state index contributed by atoms with van der Waals surface area (Å²) in [5.41, 5.74) is 1.25. The van der Waals surface area contributed by atoms with E-state index in [0.29, 0.717) is 11.4 Å². The maximum atomic E-state index is 11.6. The van der Waals surface area contributed by atoms with E-state index < -0.39 is 11.9 Å². The van der Waals surface area contributed by atoms with Crippen LogP contribution in [0.2, 0.25) is 0 Å². The summed E-state index contributed by atoms with van der Waals surface area (Å²) < 4.78 is 9.87. The van der Waals surface area contributed by atoms with Crippen molar-refractivity contribution >= 4 is 47.3 Å². The number of hydrogen-bond donors (Lipinski definition) is 2. The van der Waals surface area contributed by atoms with Crippen molar-refractivity contribution in [3.05, 3.63) is 108 Å². The Bertz CT molecular complexity index is 1310. The van der Waals surface area contributed by atoms with Gasteiger partial charge in [0.1, 0.15) is 0 Å². The molecule has 0 aliphatic heterocycles. The molecule has 10 nitrogen and oxygen atoms in total.